The second-order valence-corrected chi connectivity index (χ2v) is 13.1. The molecule has 5 nitrogen and oxygen atoms in total. The summed E-state index contributed by atoms with van der Waals surface area (Å²) < 4.78 is 0. The Morgan fingerprint density at radius 1 is 0.415 bits per heavy atom. The van der Waals surface area contributed by atoms with Gasteiger partial charge < -0.3 is 15.5 Å². The van der Waals surface area contributed by atoms with Crippen LogP contribution in [0.15, 0.2) is 0 Å². The van der Waals surface area contributed by atoms with E-state index >= 15 is 0 Å². The molecule has 0 radical (unpaired) electrons. The second-order valence-electron chi connectivity index (χ2n) is 13.1. The van der Waals surface area contributed by atoms with Gasteiger partial charge in [-0.15, -0.1) is 0 Å². The molecule has 0 bridgehead atoms. The summed E-state index contributed by atoms with van der Waals surface area (Å²) in [6, 6.07) is 0. The van der Waals surface area contributed by atoms with Crippen molar-refractivity contribution < 1.29 is 19.8 Å². The Morgan fingerprint density at radius 2 is 0.659 bits per heavy atom. The van der Waals surface area contributed by atoms with Crippen LogP contribution in [-0.4, -0.2) is 35.2 Å². The van der Waals surface area contributed by atoms with Gasteiger partial charge in [-0.05, 0) is 51.6 Å². The van der Waals surface area contributed by atoms with Gasteiger partial charge >= 0.3 is 11.9 Å². The predicted molar refractivity (Wildman–Crippen MR) is 176 cm³/mol. The summed E-state index contributed by atoms with van der Waals surface area (Å²) in [5.41, 5.74) is -1.32. The van der Waals surface area contributed by atoms with Crippen molar-refractivity contribution in [2.45, 2.75) is 195 Å². The summed E-state index contributed by atoms with van der Waals surface area (Å²) in [5, 5.41) is 24.3. The van der Waals surface area contributed by atoms with E-state index in [0.29, 0.717) is 25.9 Å². The molecule has 0 aliphatic rings. The normalized spacial score (nSPS) is 14.5. The first-order valence-corrected chi connectivity index (χ1v) is 18.0. The van der Waals surface area contributed by atoms with Crippen LogP contribution in [0.2, 0.25) is 0 Å². The van der Waals surface area contributed by atoms with E-state index in [4.69, 9.17) is 0 Å². The molecule has 0 aromatic carbocycles. The Labute approximate surface area is 255 Å². The number of unbranched alkanes of at least 4 members (excludes halogenated alkanes) is 16. The van der Waals surface area contributed by atoms with Crippen molar-refractivity contribution in [2.75, 3.05) is 13.1 Å². The standard InChI is InChI=1S/C36H71NO4/c1-5-9-13-17-19-23-27-35(33(38)39,25-21-15-11-7-3)29-31-37-32-30-36(34(40)41,26-22-16-12-8-4)28-24-20-18-14-10-6-2/h37H,5-32H2,1-4H3,(H,38,39)(H,40,41). The summed E-state index contributed by atoms with van der Waals surface area (Å²) in [4.78, 5) is 25.3. The highest BCUT2D eigenvalue weighted by atomic mass is 16.4. The molecule has 3 N–H and O–H groups in total. The summed E-state index contributed by atoms with van der Waals surface area (Å²) in [7, 11) is 0. The first kappa shape index (κ1) is 39.9. The average Bonchev–Trinajstić information content (AvgIpc) is 2.95. The third kappa shape index (κ3) is 18.9. The molecule has 41 heavy (non-hydrogen) atoms. The van der Waals surface area contributed by atoms with Gasteiger partial charge in [-0.2, -0.15) is 0 Å². The highest BCUT2D eigenvalue weighted by molar-refractivity contribution is 5.75. The molecule has 0 spiro atoms. The Morgan fingerprint density at radius 3 is 0.927 bits per heavy atom. The van der Waals surface area contributed by atoms with Gasteiger partial charge in [-0.1, -0.05) is 156 Å². The van der Waals surface area contributed by atoms with Gasteiger partial charge in [-0.3, -0.25) is 9.59 Å². The molecule has 0 aromatic rings. The molecule has 0 aromatic heterocycles. The lowest BCUT2D eigenvalue weighted by molar-refractivity contribution is -0.151. The van der Waals surface area contributed by atoms with Crippen LogP contribution in [0.25, 0.3) is 0 Å². The van der Waals surface area contributed by atoms with Crippen molar-refractivity contribution >= 4 is 11.9 Å². The molecule has 2 atom stereocenters. The average molecular weight is 582 g/mol. The van der Waals surface area contributed by atoms with Crippen LogP contribution < -0.4 is 5.32 Å². The topological polar surface area (TPSA) is 86.6 Å². The smallest absolute Gasteiger partial charge is 0.309 e. The molecule has 244 valence electrons. The first-order valence-electron chi connectivity index (χ1n) is 18.0. The number of hydrogen-bond donors (Lipinski definition) is 3. The van der Waals surface area contributed by atoms with Crippen molar-refractivity contribution in [2.24, 2.45) is 10.8 Å². The highest BCUT2D eigenvalue weighted by Gasteiger charge is 2.38. The predicted octanol–water partition coefficient (Wildman–Crippen LogP) is 10.9. The number of carbonyl (C=O) groups is 2. The number of carboxylic acid groups (broad SMARTS) is 2. The summed E-state index contributed by atoms with van der Waals surface area (Å²) in [6.07, 6.45) is 27.2. The second kappa shape index (κ2) is 26.5. The maximum absolute atomic E-state index is 12.6. The lowest BCUT2D eigenvalue weighted by Gasteiger charge is -2.32. The summed E-state index contributed by atoms with van der Waals surface area (Å²) >= 11 is 0. The zero-order chi connectivity index (χ0) is 30.7. The largest absolute Gasteiger partial charge is 0.481 e. The number of aliphatic carboxylic acids is 2. The molecule has 0 aliphatic heterocycles. The Bertz CT molecular complexity index is 573. The van der Waals surface area contributed by atoms with Crippen LogP contribution in [0.3, 0.4) is 0 Å². The van der Waals surface area contributed by atoms with E-state index < -0.39 is 22.8 Å². The van der Waals surface area contributed by atoms with Crippen molar-refractivity contribution in [3.05, 3.63) is 0 Å². The first-order chi connectivity index (χ1) is 19.8. The van der Waals surface area contributed by atoms with E-state index in [1.807, 2.05) is 0 Å². The lowest BCUT2D eigenvalue weighted by Crippen LogP contribution is -2.37. The minimum atomic E-state index is -0.659. The quantitative estimate of drug-likeness (QED) is 0.0688. The van der Waals surface area contributed by atoms with Crippen molar-refractivity contribution in [3.8, 4) is 0 Å². The number of rotatable bonds is 32. The van der Waals surface area contributed by atoms with Gasteiger partial charge in [0.2, 0.25) is 0 Å². The molecule has 0 saturated heterocycles. The molecular weight excluding hydrogens is 510 g/mol. The van der Waals surface area contributed by atoms with Gasteiger partial charge in [0.25, 0.3) is 0 Å². The van der Waals surface area contributed by atoms with Crippen LogP contribution in [0.1, 0.15) is 195 Å². The fourth-order valence-corrected chi connectivity index (χ4v) is 6.44. The van der Waals surface area contributed by atoms with E-state index in [0.717, 1.165) is 89.9 Å². The fourth-order valence-electron chi connectivity index (χ4n) is 6.44. The van der Waals surface area contributed by atoms with Crippen LogP contribution in [-0.2, 0) is 9.59 Å². The van der Waals surface area contributed by atoms with Crippen molar-refractivity contribution in [1.82, 2.24) is 5.32 Å². The van der Waals surface area contributed by atoms with Gasteiger partial charge in [0.15, 0.2) is 0 Å². The minimum absolute atomic E-state index is 0.636. The van der Waals surface area contributed by atoms with E-state index in [-0.39, 0.29) is 0 Å². The molecule has 2 unspecified atom stereocenters. The molecular formula is C36H71NO4. The third-order valence-electron chi connectivity index (χ3n) is 9.50. The summed E-state index contributed by atoms with van der Waals surface area (Å²) in [5.74, 6) is -1.27. The zero-order valence-electron chi connectivity index (χ0n) is 28.0. The maximum atomic E-state index is 12.6. The molecule has 0 rings (SSSR count). The van der Waals surface area contributed by atoms with E-state index in [2.05, 4.69) is 33.0 Å². The van der Waals surface area contributed by atoms with Crippen molar-refractivity contribution in [3.63, 3.8) is 0 Å². The van der Waals surface area contributed by atoms with E-state index in [9.17, 15) is 19.8 Å². The fraction of sp³-hybridized carbons (Fsp3) is 0.944. The minimum Gasteiger partial charge on any atom is -0.481 e. The third-order valence-corrected chi connectivity index (χ3v) is 9.50. The number of nitrogens with one attached hydrogen (secondary N) is 1. The molecule has 0 saturated carbocycles. The van der Waals surface area contributed by atoms with Crippen LogP contribution in [0.5, 0.6) is 0 Å². The van der Waals surface area contributed by atoms with E-state index in [1.54, 1.807) is 0 Å². The number of carboxylic acids is 2. The monoisotopic (exact) mass is 582 g/mol. The molecule has 5 heteroatoms. The van der Waals surface area contributed by atoms with Crippen LogP contribution in [0, 0.1) is 10.8 Å². The van der Waals surface area contributed by atoms with Gasteiger partial charge in [0, 0.05) is 0 Å². The Kier molecular flexibility index (Phi) is 25.8. The van der Waals surface area contributed by atoms with E-state index in [1.165, 1.54) is 64.2 Å². The Balaban J connectivity index is 5.13. The van der Waals surface area contributed by atoms with Crippen LogP contribution >= 0.6 is 0 Å². The van der Waals surface area contributed by atoms with Gasteiger partial charge in [0.1, 0.15) is 0 Å². The summed E-state index contributed by atoms with van der Waals surface area (Å²) in [6.45, 7) is 10.1. The van der Waals surface area contributed by atoms with Crippen molar-refractivity contribution in [1.29, 1.82) is 0 Å². The Hall–Kier alpha value is -1.10. The van der Waals surface area contributed by atoms with Gasteiger partial charge in [-0.25, -0.2) is 0 Å². The SMILES string of the molecule is CCCCCCCCC(CCCCCC)(CCNCCC(CCCCCC)(CCCCCCCC)C(=O)O)C(=O)O. The highest BCUT2D eigenvalue weighted by Crippen LogP contribution is 2.37. The molecule has 0 fully saturated rings. The number of hydrogen-bond acceptors (Lipinski definition) is 3. The van der Waals surface area contributed by atoms with Crippen LogP contribution in [0.4, 0.5) is 0 Å². The maximum Gasteiger partial charge on any atom is 0.309 e. The molecule has 0 aliphatic carbocycles. The molecule has 0 amide bonds. The van der Waals surface area contributed by atoms with Gasteiger partial charge in [0.05, 0.1) is 10.8 Å². The zero-order valence-corrected chi connectivity index (χ0v) is 28.0. The molecule has 0 heterocycles. The lowest BCUT2D eigenvalue weighted by atomic mass is 9.74.